The lowest BCUT2D eigenvalue weighted by atomic mass is 9.99. The topological polar surface area (TPSA) is 70.1 Å². The third kappa shape index (κ3) is 4.72. The summed E-state index contributed by atoms with van der Waals surface area (Å²) in [7, 11) is 0. The van der Waals surface area contributed by atoms with Crippen LogP contribution in [0, 0.1) is 5.82 Å². The second-order valence-electron chi connectivity index (χ2n) is 8.96. The molecule has 34 heavy (non-hydrogen) atoms. The zero-order chi connectivity index (χ0) is 23.5. The van der Waals surface area contributed by atoms with Crippen LogP contribution in [-0.2, 0) is 11.2 Å². The number of nitrogens with zero attached hydrogens (tertiary/aromatic N) is 5. The van der Waals surface area contributed by atoms with Crippen LogP contribution in [0.15, 0.2) is 61.3 Å². The maximum atomic E-state index is 13.5. The second kappa shape index (κ2) is 9.77. The van der Waals surface area contributed by atoms with E-state index in [4.69, 9.17) is 0 Å². The van der Waals surface area contributed by atoms with Gasteiger partial charge in [-0.05, 0) is 67.8 Å². The highest BCUT2D eigenvalue weighted by Crippen LogP contribution is 2.23. The maximum Gasteiger partial charge on any atom is 0.229 e. The number of piperazine rings is 1. The first-order chi connectivity index (χ1) is 16.6. The predicted molar refractivity (Wildman–Crippen MR) is 129 cm³/mol. The van der Waals surface area contributed by atoms with Crippen LogP contribution in [0.1, 0.15) is 30.4 Å². The van der Waals surface area contributed by atoms with Crippen molar-refractivity contribution in [1.82, 2.24) is 29.5 Å². The van der Waals surface area contributed by atoms with Crippen molar-refractivity contribution in [2.24, 2.45) is 0 Å². The Morgan fingerprint density at radius 2 is 1.88 bits per heavy atom. The number of halogens is 1. The average molecular weight is 461 g/mol. The summed E-state index contributed by atoms with van der Waals surface area (Å²) in [5, 5.41) is 9.02. The summed E-state index contributed by atoms with van der Waals surface area (Å²) in [6.45, 7) is 6.03. The molecule has 0 radical (unpaired) electrons. The van der Waals surface area contributed by atoms with Gasteiger partial charge in [-0.1, -0.05) is 12.1 Å². The van der Waals surface area contributed by atoms with Crippen molar-refractivity contribution >= 4 is 16.8 Å². The first-order valence-electron chi connectivity index (χ1n) is 11.8. The fourth-order valence-corrected chi connectivity index (χ4v) is 4.75. The van der Waals surface area contributed by atoms with Crippen LogP contribution in [0.4, 0.5) is 4.39 Å². The van der Waals surface area contributed by atoms with E-state index in [-0.39, 0.29) is 17.6 Å². The van der Waals surface area contributed by atoms with Gasteiger partial charge in [0.05, 0.1) is 5.92 Å². The molecule has 0 bridgehead atoms. The third-order valence-corrected chi connectivity index (χ3v) is 6.79. The van der Waals surface area contributed by atoms with E-state index in [0.29, 0.717) is 13.1 Å². The van der Waals surface area contributed by atoms with Crippen molar-refractivity contribution in [1.29, 1.82) is 0 Å². The van der Waals surface area contributed by atoms with E-state index in [9.17, 15) is 9.18 Å². The van der Waals surface area contributed by atoms with E-state index >= 15 is 0 Å². The van der Waals surface area contributed by atoms with E-state index in [1.165, 1.54) is 23.1 Å². The molecule has 2 aromatic heterocycles. The number of hydrogen-bond donors (Lipinski definition) is 1. The largest absolute Gasteiger partial charge is 0.361 e. The van der Waals surface area contributed by atoms with Crippen LogP contribution < -0.4 is 0 Å². The van der Waals surface area contributed by atoms with E-state index in [2.05, 4.69) is 44.5 Å². The van der Waals surface area contributed by atoms with Gasteiger partial charge in [-0.2, -0.15) is 0 Å². The Balaban J connectivity index is 1.13. The van der Waals surface area contributed by atoms with Crippen LogP contribution in [-0.4, -0.2) is 68.2 Å². The molecular weight excluding hydrogens is 431 g/mol. The zero-order valence-corrected chi connectivity index (χ0v) is 19.3. The van der Waals surface area contributed by atoms with Crippen LogP contribution in [0.2, 0.25) is 0 Å². The van der Waals surface area contributed by atoms with E-state index in [1.54, 1.807) is 18.7 Å². The number of carbonyl (C=O) groups excluding carboxylic acids is 1. The molecule has 7 nitrogen and oxygen atoms in total. The molecule has 4 aromatic rings. The molecule has 0 saturated carbocycles. The quantitative estimate of drug-likeness (QED) is 0.456. The monoisotopic (exact) mass is 460 g/mol. The van der Waals surface area contributed by atoms with Gasteiger partial charge in [-0.15, -0.1) is 10.2 Å². The molecule has 3 heterocycles. The molecule has 2 aromatic carbocycles. The maximum absolute atomic E-state index is 13.5. The van der Waals surface area contributed by atoms with Gasteiger partial charge in [0, 0.05) is 49.0 Å². The number of fused-ring (bicyclic) bond motifs is 1. The first-order valence-corrected chi connectivity index (χ1v) is 11.8. The lowest BCUT2D eigenvalue weighted by molar-refractivity contribution is -0.134. The molecule has 0 unspecified atom stereocenters. The predicted octanol–water partition coefficient (Wildman–Crippen LogP) is 3.77. The van der Waals surface area contributed by atoms with Gasteiger partial charge in [0.25, 0.3) is 0 Å². The molecule has 1 amide bonds. The number of hydrogen-bond acceptors (Lipinski definition) is 4. The lowest BCUT2D eigenvalue weighted by Gasteiger charge is -2.36. The highest BCUT2D eigenvalue weighted by Gasteiger charge is 2.25. The molecule has 1 N–H and O–H groups in total. The normalized spacial score (nSPS) is 15.6. The number of nitrogens with one attached hydrogen (secondary N) is 1. The Labute approximate surface area is 198 Å². The van der Waals surface area contributed by atoms with Crippen LogP contribution in [0.5, 0.6) is 0 Å². The number of benzene rings is 2. The Morgan fingerprint density at radius 3 is 2.65 bits per heavy atom. The molecule has 1 aliphatic heterocycles. The Morgan fingerprint density at radius 1 is 1.09 bits per heavy atom. The zero-order valence-electron chi connectivity index (χ0n) is 19.3. The Bertz CT molecular complexity index is 1260. The van der Waals surface area contributed by atoms with Crippen molar-refractivity contribution in [3.63, 3.8) is 0 Å². The highest BCUT2D eigenvalue weighted by atomic mass is 19.1. The van der Waals surface area contributed by atoms with Gasteiger partial charge in [-0.3, -0.25) is 14.3 Å². The van der Waals surface area contributed by atoms with Gasteiger partial charge in [0.2, 0.25) is 5.91 Å². The smallest absolute Gasteiger partial charge is 0.229 e. The summed E-state index contributed by atoms with van der Waals surface area (Å²) in [5.41, 5.74) is 4.22. The van der Waals surface area contributed by atoms with Crippen molar-refractivity contribution in [2.75, 3.05) is 32.7 Å². The molecule has 0 spiro atoms. The van der Waals surface area contributed by atoms with Gasteiger partial charge in [-0.25, -0.2) is 4.39 Å². The van der Waals surface area contributed by atoms with Crippen molar-refractivity contribution in [3.8, 4) is 5.69 Å². The molecule has 1 atom stereocenters. The SMILES string of the molecule is C[C@H](C(=O)N1CCN(CCCc2c[nH]c3ccc(-n4cnnc4)cc23)CC1)c1cccc(F)c1. The first kappa shape index (κ1) is 22.3. The summed E-state index contributed by atoms with van der Waals surface area (Å²) in [4.78, 5) is 20.6. The van der Waals surface area contributed by atoms with Crippen LogP contribution in [0.3, 0.4) is 0 Å². The van der Waals surface area contributed by atoms with E-state index in [0.717, 1.165) is 49.2 Å². The third-order valence-electron chi connectivity index (χ3n) is 6.79. The molecule has 1 aliphatic rings. The number of aromatic amines is 1. The summed E-state index contributed by atoms with van der Waals surface area (Å²) in [6, 6.07) is 12.7. The van der Waals surface area contributed by atoms with Crippen LogP contribution in [0.25, 0.3) is 16.6 Å². The van der Waals surface area contributed by atoms with E-state index in [1.807, 2.05) is 22.5 Å². The summed E-state index contributed by atoms with van der Waals surface area (Å²) in [5.74, 6) is -0.549. The summed E-state index contributed by atoms with van der Waals surface area (Å²) >= 11 is 0. The minimum Gasteiger partial charge on any atom is -0.361 e. The Kier molecular flexibility index (Phi) is 6.40. The number of aromatic nitrogens is 4. The molecule has 8 heteroatoms. The number of aryl methyl sites for hydroxylation is 1. The van der Waals surface area contributed by atoms with Gasteiger partial charge >= 0.3 is 0 Å². The molecular formula is C26H29FN6O. The molecule has 5 rings (SSSR count). The van der Waals surface area contributed by atoms with Gasteiger partial charge in [0.1, 0.15) is 18.5 Å². The van der Waals surface area contributed by atoms with Gasteiger partial charge < -0.3 is 9.88 Å². The molecule has 0 aliphatic carbocycles. The fraction of sp³-hybridized carbons (Fsp3) is 0.346. The van der Waals surface area contributed by atoms with Crippen molar-refractivity contribution in [3.05, 3.63) is 78.3 Å². The number of rotatable bonds is 7. The van der Waals surface area contributed by atoms with E-state index < -0.39 is 0 Å². The molecule has 1 saturated heterocycles. The minimum atomic E-state index is -0.327. The van der Waals surface area contributed by atoms with Crippen molar-refractivity contribution < 1.29 is 9.18 Å². The lowest BCUT2D eigenvalue weighted by Crippen LogP contribution is -2.49. The second-order valence-corrected chi connectivity index (χ2v) is 8.96. The van der Waals surface area contributed by atoms with Crippen molar-refractivity contribution in [2.45, 2.75) is 25.7 Å². The molecule has 176 valence electrons. The van der Waals surface area contributed by atoms with Gasteiger partial charge in [0.15, 0.2) is 0 Å². The fourth-order valence-electron chi connectivity index (χ4n) is 4.75. The standard InChI is InChI=1S/C26H29FN6O/c1-19(20-4-2-6-22(27)14-20)26(34)32-12-10-31(11-13-32)9-3-5-21-16-28-25-8-7-23(15-24(21)25)33-17-29-30-18-33/h2,4,6-8,14-19,28H,3,5,9-13H2,1H3/t19-/m0/s1. The highest BCUT2D eigenvalue weighted by molar-refractivity contribution is 5.85. The Hall–Kier alpha value is -3.52. The minimum absolute atomic E-state index is 0.0768. The summed E-state index contributed by atoms with van der Waals surface area (Å²) in [6.07, 6.45) is 7.55. The summed E-state index contributed by atoms with van der Waals surface area (Å²) < 4.78 is 15.4. The number of carbonyl (C=O) groups is 1. The number of amides is 1. The number of H-pyrrole nitrogens is 1. The molecule has 1 fully saturated rings. The van der Waals surface area contributed by atoms with Crippen LogP contribution >= 0.6 is 0 Å². The average Bonchev–Trinajstić information content (AvgIpc) is 3.54.